The molecule has 0 saturated carbocycles. The summed E-state index contributed by atoms with van der Waals surface area (Å²) < 4.78 is 0. The van der Waals surface area contributed by atoms with Crippen LogP contribution in [0, 0.1) is 11.3 Å². The van der Waals surface area contributed by atoms with Gasteiger partial charge in [0.15, 0.2) is 0 Å². The molecule has 0 atom stereocenters. The van der Waals surface area contributed by atoms with Gasteiger partial charge in [-0.3, -0.25) is 4.79 Å². The number of rotatable bonds is 5. The molecule has 0 spiro atoms. The van der Waals surface area contributed by atoms with Gasteiger partial charge in [-0.25, -0.2) is 0 Å². The minimum Gasteiger partial charge on any atom is -0.350 e. The summed E-state index contributed by atoms with van der Waals surface area (Å²) in [4.78, 5) is 11.9. The molecule has 4 nitrogen and oxygen atoms in total. The van der Waals surface area contributed by atoms with E-state index in [4.69, 9.17) is 5.26 Å². The van der Waals surface area contributed by atoms with Crippen LogP contribution < -0.4 is 10.6 Å². The van der Waals surface area contributed by atoms with Crippen molar-refractivity contribution in [2.24, 2.45) is 0 Å². The van der Waals surface area contributed by atoms with Crippen molar-refractivity contribution in [2.75, 3.05) is 6.54 Å². The molecule has 0 aliphatic heterocycles. The SMILES string of the molecule is CCNC(C)(C)C(=O)NCc1ccc(C#N)cc1. The van der Waals surface area contributed by atoms with Crippen LogP contribution in [0.1, 0.15) is 31.9 Å². The monoisotopic (exact) mass is 245 g/mol. The molecule has 96 valence electrons. The number of nitrogens with one attached hydrogen (secondary N) is 2. The van der Waals surface area contributed by atoms with E-state index in [-0.39, 0.29) is 5.91 Å². The van der Waals surface area contributed by atoms with Crippen molar-refractivity contribution in [2.45, 2.75) is 32.9 Å². The van der Waals surface area contributed by atoms with Crippen LogP contribution in [-0.2, 0) is 11.3 Å². The van der Waals surface area contributed by atoms with Gasteiger partial charge in [0.2, 0.25) is 5.91 Å². The smallest absolute Gasteiger partial charge is 0.239 e. The van der Waals surface area contributed by atoms with Gasteiger partial charge in [-0.2, -0.15) is 5.26 Å². The van der Waals surface area contributed by atoms with Crippen LogP contribution in [0.3, 0.4) is 0 Å². The van der Waals surface area contributed by atoms with E-state index >= 15 is 0 Å². The fraction of sp³-hybridized carbons (Fsp3) is 0.429. The lowest BCUT2D eigenvalue weighted by Crippen LogP contribution is -2.52. The highest BCUT2D eigenvalue weighted by molar-refractivity contribution is 5.85. The zero-order valence-corrected chi connectivity index (χ0v) is 11.1. The van der Waals surface area contributed by atoms with E-state index in [1.165, 1.54) is 0 Å². The Morgan fingerprint density at radius 1 is 1.33 bits per heavy atom. The Hall–Kier alpha value is -1.86. The van der Waals surface area contributed by atoms with Gasteiger partial charge in [0, 0.05) is 6.54 Å². The van der Waals surface area contributed by atoms with Crippen LogP contribution in [0.15, 0.2) is 24.3 Å². The summed E-state index contributed by atoms with van der Waals surface area (Å²) in [5.41, 5.74) is 1.04. The molecule has 0 fully saturated rings. The van der Waals surface area contributed by atoms with E-state index in [1.54, 1.807) is 12.1 Å². The highest BCUT2D eigenvalue weighted by atomic mass is 16.2. The third-order valence-electron chi connectivity index (χ3n) is 2.72. The molecule has 1 rings (SSSR count). The first-order valence-corrected chi connectivity index (χ1v) is 6.02. The van der Waals surface area contributed by atoms with Gasteiger partial charge in [0.1, 0.15) is 0 Å². The number of nitriles is 1. The standard InChI is InChI=1S/C14H19N3O/c1-4-17-14(2,3)13(18)16-10-12-7-5-11(9-15)6-8-12/h5-8,17H,4,10H2,1-3H3,(H,16,18). The van der Waals surface area contributed by atoms with E-state index in [2.05, 4.69) is 16.7 Å². The van der Waals surface area contributed by atoms with Crippen LogP contribution in [-0.4, -0.2) is 18.0 Å². The first kappa shape index (κ1) is 14.2. The maximum Gasteiger partial charge on any atom is 0.239 e. The predicted molar refractivity (Wildman–Crippen MR) is 70.8 cm³/mol. The number of benzene rings is 1. The van der Waals surface area contributed by atoms with Gasteiger partial charge in [-0.05, 0) is 38.1 Å². The van der Waals surface area contributed by atoms with Crippen molar-refractivity contribution in [3.05, 3.63) is 35.4 Å². The third-order valence-corrected chi connectivity index (χ3v) is 2.72. The Bertz CT molecular complexity index is 443. The van der Waals surface area contributed by atoms with Crippen LogP contribution in [0.4, 0.5) is 0 Å². The Balaban J connectivity index is 2.54. The van der Waals surface area contributed by atoms with Gasteiger partial charge in [0.05, 0.1) is 17.2 Å². The normalized spacial score (nSPS) is 10.8. The first-order valence-electron chi connectivity index (χ1n) is 6.02. The van der Waals surface area contributed by atoms with Gasteiger partial charge in [0.25, 0.3) is 0 Å². The number of carbonyl (C=O) groups is 1. The topological polar surface area (TPSA) is 64.9 Å². The molecule has 1 aromatic carbocycles. The van der Waals surface area contributed by atoms with Crippen molar-refractivity contribution in [1.82, 2.24) is 10.6 Å². The molecule has 0 saturated heterocycles. The van der Waals surface area contributed by atoms with Crippen LogP contribution in [0.5, 0.6) is 0 Å². The van der Waals surface area contributed by atoms with E-state index in [0.717, 1.165) is 12.1 Å². The number of hydrogen-bond acceptors (Lipinski definition) is 3. The zero-order chi connectivity index (χ0) is 13.6. The fourth-order valence-corrected chi connectivity index (χ4v) is 1.62. The minimum atomic E-state index is -0.568. The molecule has 0 bridgehead atoms. The van der Waals surface area contributed by atoms with Crippen molar-refractivity contribution >= 4 is 5.91 Å². The molecule has 0 unspecified atom stereocenters. The molecule has 0 aliphatic rings. The Morgan fingerprint density at radius 3 is 2.44 bits per heavy atom. The lowest BCUT2D eigenvalue weighted by atomic mass is 10.0. The molecule has 18 heavy (non-hydrogen) atoms. The molecule has 0 heterocycles. The second-order valence-electron chi connectivity index (χ2n) is 4.65. The van der Waals surface area contributed by atoms with Crippen LogP contribution in [0.2, 0.25) is 0 Å². The predicted octanol–water partition coefficient (Wildman–Crippen LogP) is 1.56. The molecular formula is C14H19N3O. The molecular weight excluding hydrogens is 226 g/mol. The quantitative estimate of drug-likeness (QED) is 0.827. The molecule has 4 heteroatoms. The van der Waals surface area contributed by atoms with E-state index < -0.39 is 5.54 Å². The molecule has 1 aromatic rings. The van der Waals surface area contributed by atoms with Crippen LogP contribution >= 0.6 is 0 Å². The average molecular weight is 245 g/mol. The number of amides is 1. The second kappa shape index (κ2) is 6.18. The number of likely N-dealkylation sites (N-methyl/N-ethyl adjacent to an activating group) is 1. The number of carbonyl (C=O) groups excluding carboxylic acids is 1. The largest absolute Gasteiger partial charge is 0.350 e. The summed E-state index contributed by atoms with van der Waals surface area (Å²) >= 11 is 0. The Kier molecular flexibility index (Phi) is 4.87. The fourth-order valence-electron chi connectivity index (χ4n) is 1.62. The average Bonchev–Trinajstić information content (AvgIpc) is 2.36. The first-order chi connectivity index (χ1) is 8.49. The minimum absolute atomic E-state index is 0.0336. The molecule has 2 N–H and O–H groups in total. The number of hydrogen-bond donors (Lipinski definition) is 2. The van der Waals surface area contributed by atoms with Gasteiger partial charge >= 0.3 is 0 Å². The van der Waals surface area contributed by atoms with E-state index in [1.807, 2.05) is 32.9 Å². The zero-order valence-electron chi connectivity index (χ0n) is 11.1. The van der Waals surface area contributed by atoms with Gasteiger partial charge in [-0.15, -0.1) is 0 Å². The van der Waals surface area contributed by atoms with Crippen molar-refractivity contribution < 1.29 is 4.79 Å². The molecule has 0 radical (unpaired) electrons. The summed E-state index contributed by atoms with van der Waals surface area (Å²) in [5.74, 6) is -0.0336. The van der Waals surface area contributed by atoms with E-state index in [0.29, 0.717) is 12.1 Å². The van der Waals surface area contributed by atoms with E-state index in [9.17, 15) is 4.79 Å². The second-order valence-corrected chi connectivity index (χ2v) is 4.65. The Morgan fingerprint density at radius 2 is 1.94 bits per heavy atom. The van der Waals surface area contributed by atoms with Crippen molar-refractivity contribution in [3.8, 4) is 6.07 Å². The molecule has 0 aliphatic carbocycles. The highest BCUT2D eigenvalue weighted by Crippen LogP contribution is 2.05. The lowest BCUT2D eigenvalue weighted by molar-refractivity contribution is -0.126. The maximum atomic E-state index is 11.9. The lowest BCUT2D eigenvalue weighted by Gasteiger charge is -2.24. The molecule has 1 amide bonds. The summed E-state index contributed by atoms with van der Waals surface area (Å²) in [6.45, 7) is 6.89. The summed E-state index contributed by atoms with van der Waals surface area (Å²) in [6, 6.07) is 9.25. The van der Waals surface area contributed by atoms with Gasteiger partial charge < -0.3 is 10.6 Å². The third kappa shape index (κ3) is 3.86. The Labute approximate surface area is 108 Å². The van der Waals surface area contributed by atoms with Crippen molar-refractivity contribution in [1.29, 1.82) is 5.26 Å². The summed E-state index contributed by atoms with van der Waals surface area (Å²) in [6.07, 6.45) is 0. The summed E-state index contributed by atoms with van der Waals surface area (Å²) in [7, 11) is 0. The van der Waals surface area contributed by atoms with Crippen LogP contribution in [0.25, 0.3) is 0 Å². The maximum absolute atomic E-state index is 11.9. The highest BCUT2D eigenvalue weighted by Gasteiger charge is 2.25. The van der Waals surface area contributed by atoms with Crippen molar-refractivity contribution in [3.63, 3.8) is 0 Å². The molecule has 0 aromatic heterocycles. The summed E-state index contributed by atoms with van der Waals surface area (Å²) in [5, 5.41) is 14.7. The number of nitrogens with zero attached hydrogens (tertiary/aromatic N) is 1. The van der Waals surface area contributed by atoms with Gasteiger partial charge in [-0.1, -0.05) is 19.1 Å².